The predicted molar refractivity (Wildman–Crippen MR) is 51.3 cm³/mol. The number of nitrogen functional groups attached to an aromatic ring is 1. The van der Waals surface area contributed by atoms with Crippen molar-refractivity contribution in [2.75, 3.05) is 30.7 Å². The third-order valence-corrected chi connectivity index (χ3v) is 2.11. The van der Waals surface area contributed by atoms with Gasteiger partial charge in [0.05, 0.1) is 0 Å². The van der Waals surface area contributed by atoms with Gasteiger partial charge in [0.25, 0.3) is 0 Å². The highest BCUT2D eigenvalue weighted by molar-refractivity contribution is 5.37. The molecule has 0 unspecified atom stereocenters. The molecular formula is C8H13N5. The molecule has 0 atom stereocenters. The molecule has 2 rings (SSSR count). The van der Waals surface area contributed by atoms with Gasteiger partial charge in [-0.3, -0.25) is 0 Å². The molecule has 0 spiro atoms. The van der Waals surface area contributed by atoms with Crippen LogP contribution in [-0.4, -0.2) is 29.6 Å². The molecule has 1 aliphatic heterocycles. The van der Waals surface area contributed by atoms with Crippen LogP contribution in [0, 0.1) is 5.92 Å². The SMILES string of the molecule is Nc1nccc(NCC2CNC2)n1. The average molecular weight is 179 g/mol. The Balaban J connectivity index is 1.86. The quantitative estimate of drug-likeness (QED) is 0.593. The Morgan fingerprint density at radius 2 is 2.46 bits per heavy atom. The molecule has 0 bridgehead atoms. The van der Waals surface area contributed by atoms with Crippen LogP contribution in [0.25, 0.3) is 0 Å². The lowest BCUT2D eigenvalue weighted by Gasteiger charge is -2.27. The number of nitrogens with zero attached hydrogens (tertiary/aromatic N) is 2. The van der Waals surface area contributed by atoms with E-state index in [2.05, 4.69) is 20.6 Å². The maximum Gasteiger partial charge on any atom is 0.221 e. The van der Waals surface area contributed by atoms with Crippen molar-refractivity contribution in [1.82, 2.24) is 15.3 Å². The van der Waals surface area contributed by atoms with Gasteiger partial charge in [-0.1, -0.05) is 0 Å². The highest BCUT2D eigenvalue weighted by atomic mass is 15.1. The molecule has 4 N–H and O–H groups in total. The van der Waals surface area contributed by atoms with Crippen LogP contribution in [0.1, 0.15) is 0 Å². The molecule has 1 aromatic rings. The molecule has 0 aliphatic carbocycles. The van der Waals surface area contributed by atoms with Crippen molar-refractivity contribution in [3.63, 3.8) is 0 Å². The lowest BCUT2D eigenvalue weighted by atomic mass is 10.0. The zero-order valence-corrected chi connectivity index (χ0v) is 7.33. The second-order valence-corrected chi connectivity index (χ2v) is 3.21. The van der Waals surface area contributed by atoms with E-state index in [4.69, 9.17) is 5.73 Å². The van der Waals surface area contributed by atoms with Gasteiger partial charge in [0.1, 0.15) is 5.82 Å². The lowest BCUT2D eigenvalue weighted by molar-refractivity contribution is 0.365. The Morgan fingerprint density at radius 3 is 3.08 bits per heavy atom. The van der Waals surface area contributed by atoms with E-state index < -0.39 is 0 Å². The summed E-state index contributed by atoms with van der Waals surface area (Å²) in [4.78, 5) is 7.85. The van der Waals surface area contributed by atoms with Crippen molar-refractivity contribution < 1.29 is 0 Å². The maximum atomic E-state index is 5.44. The molecule has 0 aromatic carbocycles. The Kier molecular flexibility index (Phi) is 2.27. The van der Waals surface area contributed by atoms with Gasteiger partial charge in [-0.25, -0.2) is 4.98 Å². The maximum absolute atomic E-state index is 5.44. The highest BCUT2D eigenvalue weighted by Crippen LogP contribution is 2.06. The average Bonchev–Trinajstić information content (AvgIpc) is 2.01. The van der Waals surface area contributed by atoms with Crippen molar-refractivity contribution in [2.24, 2.45) is 5.92 Å². The summed E-state index contributed by atoms with van der Waals surface area (Å²) in [5.74, 6) is 1.84. The molecule has 2 heterocycles. The summed E-state index contributed by atoms with van der Waals surface area (Å²) in [7, 11) is 0. The molecule has 1 saturated heterocycles. The zero-order chi connectivity index (χ0) is 9.10. The van der Waals surface area contributed by atoms with E-state index >= 15 is 0 Å². The second kappa shape index (κ2) is 3.57. The molecule has 1 aliphatic rings. The molecule has 0 radical (unpaired) electrons. The first kappa shape index (κ1) is 8.25. The minimum Gasteiger partial charge on any atom is -0.370 e. The van der Waals surface area contributed by atoms with Crippen LogP contribution < -0.4 is 16.4 Å². The third kappa shape index (κ3) is 2.06. The summed E-state index contributed by atoms with van der Waals surface area (Å²) in [6, 6.07) is 1.82. The van der Waals surface area contributed by atoms with Crippen molar-refractivity contribution in [3.8, 4) is 0 Å². The molecule has 13 heavy (non-hydrogen) atoms. The number of hydrogen-bond donors (Lipinski definition) is 3. The van der Waals surface area contributed by atoms with Crippen LogP contribution in [0.4, 0.5) is 11.8 Å². The first-order chi connectivity index (χ1) is 6.34. The van der Waals surface area contributed by atoms with Gasteiger partial charge in [0.15, 0.2) is 0 Å². The van der Waals surface area contributed by atoms with Gasteiger partial charge >= 0.3 is 0 Å². The molecule has 1 aromatic heterocycles. The van der Waals surface area contributed by atoms with E-state index in [0.29, 0.717) is 5.95 Å². The fraction of sp³-hybridized carbons (Fsp3) is 0.500. The summed E-state index contributed by atoms with van der Waals surface area (Å²) in [6.07, 6.45) is 1.66. The molecule has 5 nitrogen and oxygen atoms in total. The van der Waals surface area contributed by atoms with E-state index in [1.54, 1.807) is 6.20 Å². The van der Waals surface area contributed by atoms with Gasteiger partial charge in [-0.2, -0.15) is 4.98 Å². The van der Waals surface area contributed by atoms with Gasteiger partial charge in [-0.05, 0) is 6.07 Å². The van der Waals surface area contributed by atoms with Crippen LogP contribution in [0.3, 0.4) is 0 Å². The number of aromatic nitrogens is 2. The number of hydrogen-bond acceptors (Lipinski definition) is 5. The third-order valence-electron chi connectivity index (χ3n) is 2.11. The van der Waals surface area contributed by atoms with Crippen LogP contribution in [0.15, 0.2) is 12.3 Å². The summed E-state index contributed by atoms with van der Waals surface area (Å²) < 4.78 is 0. The largest absolute Gasteiger partial charge is 0.370 e. The summed E-state index contributed by atoms with van der Waals surface area (Å²) in [6.45, 7) is 3.13. The molecule has 0 amide bonds. The van der Waals surface area contributed by atoms with Gasteiger partial charge in [0.2, 0.25) is 5.95 Å². The Labute approximate surface area is 76.8 Å². The van der Waals surface area contributed by atoms with Crippen molar-refractivity contribution in [3.05, 3.63) is 12.3 Å². The van der Waals surface area contributed by atoms with Crippen LogP contribution >= 0.6 is 0 Å². The topological polar surface area (TPSA) is 75.9 Å². The predicted octanol–water partition coefficient (Wildman–Crippen LogP) is -0.310. The van der Waals surface area contributed by atoms with Crippen molar-refractivity contribution in [2.45, 2.75) is 0 Å². The van der Waals surface area contributed by atoms with E-state index in [1.165, 1.54) is 0 Å². The Morgan fingerprint density at radius 1 is 1.62 bits per heavy atom. The first-order valence-corrected chi connectivity index (χ1v) is 4.38. The van der Waals surface area contributed by atoms with Gasteiger partial charge < -0.3 is 16.4 Å². The minimum absolute atomic E-state index is 0.316. The number of nitrogens with one attached hydrogen (secondary N) is 2. The Hall–Kier alpha value is -1.36. The second-order valence-electron chi connectivity index (χ2n) is 3.21. The molecule has 0 saturated carbocycles. The summed E-state index contributed by atoms with van der Waals surface area (Å²) in [5, 5.41) is 6.43. The van der Waals surface area contributed by atoms with E-state index in [0.717, 1.165) is 31.4 Å². The fourth-order valence-electron chi connectivity index (χ4n) is 1.21. The van der Waals surface area contributed by atoms with Gasteiger partial charge in [0, 0.05) is 31.7 Å². The van der Waals surface area contributed by atoms with Crippen LogP contribution in [0.5, 0.6) is 0 Å². The Bertz CT molecular complexity index is 284. The minimum atomic E-state index is 0.316. The first-order valence-electron chi connectivity index (χ1n) is 4.38. The van der Waals surface area contributed by atoms with E-state index in [1.807, 2.05) is 6.07 Å². The van der Waals surface area contributed by atoms with Crippen LogP contribution in [0.2, 0.25) is 0 Å². The molecule has 5 heteroatoms. The summed E-state index contributed by atoms with van der Waals surface area (Å²) >= 11 is 0. The number of nitrogens with two attached hydrogens (primary N) is 1. The lowest BCUT2D eigenvalue weighted by Crippen LogP contribution is -2.45. The number of anilines is 2. The van der Waals surface area contributed by atoms with Crippen molar-refractivity contribution >= 4 is 11.8 Å². The van der Waals surface area contributed by atoms with Crippen LogP contribution in [-0.2, 0) is 0 Å². The molecule has 1 fully saturated rings. The van der Waals surface area contributed by atoms with Gasteiger partial charge in [-0.15, -0.1) is 0 Å². The monoisotopic (exact) mass is 179 g/mol. The normalized spacial score (nSPS) is 16.6. The summed E-state index contributed by atoms with van der Waals surface area (Å²) in [5.41, 5.74) is 5.44. The van der Waals surface area contributed by atoms with Crippen molar-refractivity contribution in [1.29, 1.82) is 0 Å². The molecule has 70 valence electrons. The fourth-order valence-corrected chi connectivity index (χ4v) is 1.21. The van der Waals surface area contributed by atoms with E-state index in [-0.39, 0.29) is 0 Å². The zero-order valence-electron chi connectivity index (χ0n) is 7.33. The number of rotatable bonds is 3. The molecular weight excluding hydrogens is 166 g/mol. The smallest absolute Gasteiger partial charge is 0.221 e. The highest BCUT2D eigenvalue weighted by Gasteiger charge is 2.15. The van der Waals surface area contributed by atoms with E-state index in [9.17, 15) is 0 Å². The standard InChI is InChI=1S/C8H13N5/c9-8-11-2-1-7(13-8)12-5-6-3-10-4-6/h1-2,6,10H,3-5H2,(H3,9,11,12,13).